The number of hydrogen-bond acceptors (Lipinski definition) is 8. The molecular weight excluding hydrogens is 454 g/mol. The number of carbonyl (C=O) groups is 1. The van der Waals surface area contributed by atoms with Gasteiger partial charge in [-0.1, -0.05) is 29.5 Å². The fourth-order valence-corrected chi connectivity index (χ4v) is 4.36. The van der Waals surface area contributed by atoms with E-state index < -0.39 is 5.97 Å². The summed E-state index contributed by atoms with van der Waals surface area (Å²) < 4.78 is 17.2. The van der Waals surface area contributed by atoms with Crippen LogP contribution in [0.4, 0.5) is 0 Å². The number of methoxy groups -OCH3 is 2. The van der Waals surface area contributed by atoms with Crippen LogP contribution in [0.25, 0.3) is 22.4 Å². The zero-order chi connectivity index (χ0) is 24.1. The smallest absolute Gasteiger partial charge is 0.337 e. The number of nitrogens with zero attached hydrogens (tertiary/aromatic N) is 3. The predicted molar refractivity (Wildman–Crippen MR) is 130 cm³/mol. The molecule has 0 aliphatic rings. The van der Waals surface area contributed by atoms with Crippen molar-refractivity contribution in [1.29, 1.82) is 0 Å². The predicted octanol–water partition coefficient (Wildman–Crippen LogP) is 4.48. The van der Waals surface area contributed by atoms with Crippen molar-refractivity contribution in [3.63, 3.8) is 0 Å². The number of aryl methyl sites for hydroxylation is 1. The first kappa shape index (κ1) is 23.7. The molecule has 0 saturated carbocycles. The summed E-state index contributed by atoms with van der Waals surface area (Å²) in [5.41, 5.74) is 3.42. The Morgan fingerprint density at radius 2 is 1.91 bits per heavy atom. The van der Waals surface area contributed by atoms with Gasteiger partial charge in [-0.15, -0.1) is 0 Å². The minimum atomic E-state index is -0.478. The molecule has 2 aromatic carbocycles. The fraction of sp³-hybridized carbons (Fsp3) is 0.280. The SMILES string of the molecule is COCCCn1c(SCc2coc(-c3ccc(C)cc3)n2)nc2cc(C(=O)OC)ccc2c1=O. The van der Waals surface area contributed by atoms with Gasteiger partial charge in [-0.3, -0.25) is 9.36 Å². The maximum absolute atomic E-state index is 13.2. The number of rotatable bonds is 9. The second kappa shape index (κ2) is 10.7. The summed E-state index contributed by atoms with van der Waals surface area (Å²) in [6.45, 7) is 3.02. The maximum Gasteiger partial charge on any atom is 0.337 e. The lowest BCUT2D eigenvalue weighted by Crippen LogP contribution is -2.24. The molecule has 2 aromatic heterocycles. The second-order valence-corrected chi connectivity index (χ2v) is 8.66. The third-order valence-electron chi connectivity index (χ3n) is 5.27. The fourth-order valence-electron chi connectivity index (χ4n) is 3.46. The molecule has 0 amide bonds. The van der Waals surface area contributed by atoms with E-state index in [1.54, 1.807) is 36.1 Å². The van der Waals surface area contributed by atoms with Gasteiger partial charge in [0, 0.05) is 31.6 Å². The molecule has 0 radical (unpaired) electrons. The lowest BCUT2D eigenvalue weighted by molar-refractivity contribution is 0.0601. The van der Waals surface area contributed by atoms with Crippen molar-refractivity contribution in [3.05, 3.63) is 75.9 Å². The summed E-state index contributed by atoms with van der Waals surface area (Å²) in [6, 6.07) is 12.7. The molecule has 4 rings (SSSR count). The first-order valence-corrected chi connectivity index (χ1v) is 11.7. The Balaban J connectivity index is 1.64. The van der Waals surface area contributed by atoms with E-state index in [0.29, 0.717) is 52.8 Å². The van der Waals surface area contributed by atoms with Crippen molar-refractivity contribution >= 4 is 28.6 Å². The van der Waals surface area contributed by atoms with Crippen molar-refractivity contribution in [2.45, 2.75) is 30.8 Å². The summed E-state index contributed by atoms with van der Waals surface area (Å²) in [5, 5.41) is 0.980. The number of hydrogen-bond donors (Lipinski definition) is 0. The Kier molecular flexibility index (Phi) is 7.44. The van der Waals surface area contributed by atoms with Crippen LogP contribution in [0.2, 0.25) is 0 Å². The topological polar surface area (TPSA) is 96.5 Å². The van der Waals surface area contributed by atoms with Gasteiger partial charge >= 0.3 is 5.97 Å². The van der Waals surface area contributed by atoms with Crippen LogP contribution in [0.3, 0.4) is 0 Å². The molecule has 176 valence electrons. The molecule has 0 saturated heterocycles. The van der Waals surface area contributed by atoms with Crippen LogP contribution in [0.1, 0.15) is 28.0 Å². The van der Waals surface area contributed by atoms with Crippen molar-refractivity contribution in [3.8, 4) is 11.5 Å². The van der Waals surface area contributed by atoms with Crippen molar-refractivity contribution in [1.82, 2.24) is 14.5 Å². The molecule has 0 atom stereocenters. The van der Waals surface area contributed by atoms with Gasteiger partial charge in [0.1, 0.15) is 6.26 Å². The zero-order valence-electron chi connectivity index (χ0n) is 19.2. The van der Waals surface area contributed by atoms with Gasteiger partial charge in [0.25, 0.3) is 5.56 Å². The van der Waals surface area contributed by atoms with E-state index in [4.69, 9.17) is 18.9 Å². The van der Waals surface area contributed by atoms with E-state index in [0.717, 1.165) is 16.8 Å². The highest BCUT2D eigenvalue weighted by atomic mass is 32.2. The summed E-state index contributed by atoms with van der Waals surface area (Å²) in [7, 11) is 2.94. The zero-order valence-corrected chi connectivity index (χ0v) is 20.1. The molecule has 0 fully saturated rings. The van der Waals surface area contributed by atoms with Gasteiger partial charge < -0.3 is 13.9 Å². The number of thioether (sulfide) groups is 1. The number of aromatic nitrogens is 3. The second-order valence-electron chi connectivity index (χ2n) is 7.72. The molecule has 34 heavy (non-hydrogen) atoms. The molecule has 0 N–H and O–H groups in total. The third-order valence-corrected chi connectivity index (χ3v) is 6.28. The number of benzene rings is 2. The van der Waals surface area contributed by atoms with Crippen LogP contribution in [-0.4, -0.2) is 41.3 Å². The van der Waals surface area contributed by atoms with Gasteiger partial charge in [-0.05, 0) is 43.7 Å². The normalized spacial score (nSPS) is 11.1. The van der Waals surface area contributed by atoms with E-state index in [2.05, 4.69) is 4.98 Å². The Morgan fingerprint density at radius 1 is 1.12 bits per heavy atom. The summed E-state index contributed by atoms with van der Waals surface area (Å²) in [5.74, 6) is 0.532. The quantitative estimate of drug-likeness (QED) is 0.150. The first-order valence-electron chi connectivity index (χ1n) is 10.8. The van der Waals surface area contributed by atoms with E-state index in [-0.39, 0.29) is 5.56 Å². The van der Waals surface area contributed by atoms with Crippen LogP contribution in [0, 0.1) is 6.92 Å². The molecular formula is C25H25N3O5S. The van der Waals surface area contributed by atoms with Crippen LogP contribution in [-0.2, 0) is 21.8 Å². The van der Waals surface area contributed by atoms with Crippen LogP contribution >= 0.6 is 11.8 Å². The van der Waals surface area contributed by atoms with E-state index in [1.165, 1.54) is 18.9 Å². The molecule has 9 heteroatoms. The molecule has 8 nitrogen and oxygen atoms in total. The van der Waals surface area contributed by atoms with Crippen molar-refractivity contribution in [2.24, 2.45) is 0 Å². The molecule has 0 aliphatic carbocycles. The number of fused-ring (bicyclic) bond motifs is 1. The van der Waals surface area contributed by atoms with Gasteiger partial charge in [-0.25, -0.2) is 14.8 Å². The first-order chi connectivity index (χ1) is 16.5. The number of ether oxygens (including phenoxy) is 2. The molecule has 0 spiro atoms. The highest BCUT2D eigenvalue weighted by Gasteiger charge is 2.15. The number of oxazole rings is 1. The van der Waals surface area contributed by atoms with Gasteiger partial charge in [-0.2, -0.15) is 0 Å². The van der Waals surface area contributed by atoms with Gasteiger partial charge in [0.05, 0.1) is 29.3 Å². The monoisotopic (exact) mass is 479 g/mol. The lowest BCUT2D eigenvalue weighted by atomic mass is 10.1. The van der Waals surface area contributed by atoms with Crippen molar-refractivity contribution in [2.75, 3.05) is 20.8 Å². The van der Waals surface area contributed by atoms with Crippen LogP contribution < -0.4 is 5.56 Å². The minimum absolute atomic E-state index is 0.166. The Bertz CT molecular complexity index is 1360. The average Bonchev–Trinajstić information content (AvgIpc) is 3.33. The number of esters is 1. The van der Waals surface area contributed by atoms with Crippen LogP contribution in [0.15, 0.2) is 63.1 Å². The summed E-state index contributed by atoms with van der Waals surface area (Å²) in [6.07, 6.45) is 2.28. The molecule has 4 aromatic rings. The van der Waals surface area contributed by atoms with Crippen LogP contribution in [0.5, 0.6) is 0 Å². The lowest BCUT2D eigenvalue weighted by Gasteiger charge is -2.13. The average molecular weight is 480 g/mol. The molecule has 2 heterocycles. The Morgan fingerprint density at radius 3 is 2.65 bits per heavy atom. The van der Waals surface area contributed by atoms with E-state index >= 15 is 0 Å². The molecule has 0 unspecified atom stereocenters. The Labute approximate surface area is 200 Å². The van der Waals surface area contributed by atoms with E-state index in [9.17, 15) is 9.59 Å². The largest absolute Gasteiger partial charge is 0.465 e. The molecule has 0 bridgehead atoms. The number of carbonyl (C=O) groups excluding carboxylic acids is 1. The highest BCUT2D eigenvalue weighted by Crippen LogP contribution is 2.25. The summed E-state index contributed by atoms with van der Waals surface area (Å²) >= 11 is 1.39. The van der Waals surface area contributed by atoms with E-state index in [1.807, 2.05) is 31.2 Å². The van der Waals surface area contributed by atoms with Gasteiger partial charge in [0.15, 0.2) is 5.16 Å². The highest BCUT2D eigenvalue weighted by molar-refractivity contribution is 7.98. The molecule has 0 aliphatic heterocycles. The Hall–Kier alpha value is -3.43. The van der Waals surface area contributed by atoms with Gasteiger partial charge in [0.2, 0.25) is 5.89 Å². The summed E-state index contributed by atoms with van der Waals surface area (Å²) in [4.78, 5) is 34.5. The van der Waals surface area contributed by atoms with Crippen molar-refractivity contribution < 1.29 is 18.7 Å². The third kappa shape index (κ3) is 5.21. The maximum atomic E-state index is 13.2. The minimum Gasteiger partial charge on any atom is -0.465 e. The standard InChI is InChI=1S/C25H25N3O5S/c1-16-5-7-17(8-6-16)22-26-19(14-33-22)15-34-25-27-21-13-18(24(30)32-3)9-10-20(21)23(29)28(25)11-4-12-31-2/h5-10,13-14H,4,11-12,15H2,1-3H3.